The molecule has 0 amide bonds. The molecule has 1 N–H and O–H groups in total. The summed E-state index contributed by atoms with van der Waals surface area (Å²) >= 11 is 0. The lowest BCUT2D eigenvalue weighted by molar-refractivity contribution is 0.126. The summed E-state index contributed by atoms with van der Waals surface area (Å²) in [6.45, 7) is 2.33. The fourth-order valence-corrected chi connectivity index (χ4v) is 2.59. The van der Waals surface area contributed by atoms with Crippen molar-refractivity contribution in [3.63, 3.8) is 0 Å². The number of benzene rings is 1. The first-order chi connectivity index (χ1) is 8.33. The molecule has 1 aromatic carbocycles. The number of aliphatic hydroxyl groups is 1. The summed E-state index contributed by atoms with van der Waals surface area (Å²) in [5.74, 6) is 1.75. The number of aliphatic hydroxyl groups excluding tert-OH is 1. The van der Waals surface area contributed by atoms with Crippen LogP contribution in [0.25, 0.3) is 0 Å². The minimum atomic E-state index is 0.0560. The molecular formula is C15H22O2. The van der Waals surface area contributed by atoms with E-state index < -0.39 is 0 Å². The number of hydrogen-bond donors (Lipinski definition) is 1. The van der Waals surface area contributed by atoms with Crippen LogP contribution < -0.4 is 4.74 Å². The summed E-state index contributed by atoms with van der Waals surface area (Å²) in [7, 11) is 0. The molecule has 1 aliphatic carbocycles. The van der Waals surface area contributed by atoms with E-state index >= 15 is 0 Å². The Labute approximate surface area is 104 Å². The normalized spacial score (nSPS) is 24.6. The second kappa shape index (κ2) is 6.06. The predicted molar refractivity (Wildman–Crippen MR) is 69.0 cm³/mol. The van der Waals surface area contributed by atoms with Gasteiger partial charge >= 0.3 is 0 Å². The maximum Gasteiger partial charge on any atom is 0.125 e. The van der Waals surface area contributed by atoms with Crippen molar-refractivity contribution in [2.24, 2.45) is 5.92 Å². The van der Waals surface area contributed by atoms with E-state index in [1.807, 2.05) is 24.3 Å². The smallest absolute Gasteiger partial charge is 0.125 e. The lowest BCUT2D eigenvalue weighted by atomic mass is 9.86. The number of para-hydroxylation sites is 1. The van der Waals surface area contributed by atoms with Crippen LogP contribution in [0.2, 0.25) is 0 Å². The Hall–Kier alpha value is -1.02. The molecule has 1 saturated carbocycles. The van der Waals surface area contributed by atoms with E-state index in [0.717, 1.165) is 30.1 Å². The Bertz CT molecular complexity index is 341. The van der Waals surface area contributed by atoms with E-state index in [9.17, 15) is 5.11 Å². The molecule has 2 heteroatoms. The summed E-state index contributed by atoms with van der Waals surface area (Å²) in [5.41, 5.74) is 0.894. The van der Waals surface area contributed by atoms with Gasteiger partial charge in [-0.1, -0.05) is 31.5 Å². The van der Waals surface area contributed by atoms with E-state index in [4.69, 9.17) is 4.74 Å². The van der Waals surface area contributed by atoms with Crippen molar-refractivity contribution < 1.29 is 9.84 Å². The quantitative estimate of drug-likeness (QED) is 0.863. The predicted octanol–water partition coefficient (Wildman–Crippen LogP) is 3.53. The zero-order valence-corrected chi connectivity index (χ0v) is 10.6. The number of ether oxygens (including phenoxy) is 1. The first kappa shape index (κ1) is 12.4. The molecule has 0 aromatic heterocycles. The zero-order valence-electron chi connectivity index (χ0n) is 10.6. The molecule has 2 rings (SSSR count). The average molecular weight is 234 g/mol. The second-order valence-corrected chi connectivity index (χ2v) is 4.93. The van der Waals surface area contributed by atoms with Gasteiger partial charge in [-0.25, -0.2) is 0 Å². The highest BCUT2D eigenvalue weighted by molar-refractivity contribution is 5.32. The van der Waals surface area contributed by atoms with E-state index in [0.29, 0.717) is 6.10 Å². The van der Waals surface area contributed by atoms with Crippen LogP contribution in [-0.4, -0.2) is 11.2 Å². The third kappa shape index (κ3) is 3.22. The van der Waals surface area contributed by atoms with Crippen molar-refractivity contribution in [2.45, 2.75) is 51.7 Å². The van der Waals surface area contributed by atoms with Crippen molar-refractivity contribution in [3.8, 4) is 5.75 Å². The van der Waals surface area contributed by atoms with E-state index in [1.165, 1.54) is 19.3 Å². The van der Waals surface area contributed by atoms with Gasteiger partial charge in [-0.3, -0.25) is 0 Å². The highest BCUT2D eigenvalue weighted by Gasteiger charge is 2.21. The van der Waals surface area contributed by atoms with Crippen molar-refractivity contribution in [1.29, 1.82) is 0 Å². The van der Waals surface area contributed by atoms with Crippen LogP contribution >= 0.6 is 0 Å². The van der Waals surface area contributed by atoms with Gasteiger partial charge in [0.1, 0.15) is 5.75 Å². The Kier molecular flexibility index (Phi) is 4.43. The largest absolute Gasteiger partial charge is 0.490 e. The van der Waals surface area contributed by atoms with Crippen LogP contribution in [0.5, 0.6) is 5.75 Å². The molecule has 1 fully saturated rings. The number of rotatable bonds is 4. The molecule has 94 valence electrons. The first-order valence-electron chi connectivity index (χ1n) is 6.69. The van der Waals surface area contributed by atoms with Gasteiger partial charge in [0.15, 0.2) is 0 Å². The summed E-state index contributed by atoms with van der Waals surface area (Å²) < 4.78 is 6.01. The second-order valence-electron chi connectivity index (χ2n) is 4.93. The van der Waals surface area contributed by atoms with Gasteiger partial charge in [0.05, 0.1) is 12.7 Å². The van der Waals surface area contributed by atoms with Gasteiger partial charge < -0.3 is 9.84 Å². The maximum absolute atomic E-state index is 9.25. The summed E-state index contributed by atoms with van der Waals surface area (Å²) in [5, 5.41) is 9.25. The van der Waals surface area contributed by atoms with Gasteiger partial charge in [0.2, 0.25) is 0 Å². The fourth-order valence-electron chi connectivity index (χ4n) is 2.59. The fraction of sp³-hybridized carbons (Fsp3) is 0.600. The highest BCUT2D eigenvalue weighted by atomic mass is 16.5. The SMILES string of the molecule is CCC1CCC(Oc2ccccc2CO)CC1. The van der Waals surface area contributed by atoms with Gasteiger partial charge in [0.25, 0.3) is 0 Å². The lowest BCUT2D eigenvalue weighted by Crippen LogP contribution is -2.24. The topological polar surface area (TPSA) is 29.5 Å². The molecule has 0 saturated heterocycles. The molecule has 17 heavy (non-hydrogen) atoms. The minimum Gasteiger partial charge on any atom is -0.490 e. The van der Waals surface area contributed by atoms with Gasteiger partial charge in [-0.2, -0.15) is 0 Å². The molecule has 0 spiro atoms. The van der Waals surface area contributed by atoms with E-state index in [2.05, 4.69) is 6.92 Å². The molecule has 0 radical (unpaired) electrons. The van der Waals surface area contributed by atoms with Crippen LogP contribution in [-0.2, 0) is 6.61 Å². The van der Waals surface area contributed by atoms with Crippen molar-refractivity contribution in [2.75, 3.05) is 0 Å². The maximum atomic E-state index is 9.25. The Morgan fingerprint density at radius 2 is 1.88 bits per heavy atom. The molecule has 1 aliphatic rings. The molecule has 0 aliphatic heterocycles. The van der Waals surface area contributed by atoms with Gasteiger partial charge in [-0.15, -0.1) is 0 Å². The summed E-state index contributed by atoms with van der Waals surface area (Å²) in [6, 6.07) is 7.78. The summed E-state index contributed by atoms with van der Waals surface area (Å²) in [6.07, 6.45) is 6.49. The minimum absolute atomic E-state index is 0.0560. The molecule has 0 bridgehead atoms. The molecule has 0 unspecified atom stereocenters. The summed E-state index contributed by atoms with van der Waals surface area (Å²) in [4.78, 5) is 0. The number of hydrogen-bond acceptors (Lipinski definition) is 2. The van der Waals surface area contributed by atoms with Crippen LogP contribution in [0.3, 0.4) is 0 Å². The van der Waals surface area contributed by atoms with Crippen LogP contribution in [0.15, 0.2) is 24.3 Å². The Morgan fingerprint density at radius 1 is 1.18 bits per heavy atom. The molecular weight excluding hydrogens is 212 g/mol. The van der Waals surface area contributed by atoms with Crippen molar-refractivity contribution in [1.82, 2.24) is 0 Å². The van der Waals surface area contributed by atoms with E-state index in [-0.39, 0.29) is 6.61 Å². The highest BCUT2D eigenvalue weighted by Crippen LogP contribution is 2.30. The first-order valence-corrected chi connectivity index (χ1v) is 6.69. The standard InChI is InChI=1S/C15H22O2/c1-2-12-7-9-14(10-8-12)17-15-6-4-3-5-13(15)11-16/h3-6,12,14,16H,2,7-11H2,1H3. The van der Waals surface area contributed by atoms with Crippen LogP contribution in [0.4, 0.5) is 0 Å². The van der Waals surface area contributed by atoms with Crippen LogP contribution in [0, 0.1) is 5.92 Å². The average Bonchev–Trinajstić information content (AvgIpc) is 2.40. The van der Waals surface area contributed by atoms with Gasteiger partial charge in [0, 0.05) is 5.56 Å². The third-order valence-electron chi connectivity index (χ3n) is 3.81. The van der Waals surface area contributed by atoms with Crippen molar-refractivity contribution in [3.05, 3.63) is 29.8 Å². The monoisotopic (exact) mass is 234 g/mol. The zero-order chi connectivity index (χ0) is 12.1. The Balaban J connectivity index is 1.93. The molecule has 2 nitrogen and oxygen atoms in total. The third-order valence-corrected chi connectivity index (χ3v) is 3.81. The molecule has 0 atom stereocenters. The van der Waals surface area contributed by atoms with E-state index in [1.54, 1.807) is 0 Å². The molecule has 1 aromatic rings. The van der Waals surface area contributed by atoms with Crippen molar-refractivity contribution >= 4 is 0 Å². The lowest BCUT2D eigenvalue weighted by Gasteiger charge is -2.28. The van der Waals surface area contributed by atoms with Crippen LogP contribution in [0.1, 0.15) is 44.6 Å². The molecule has 0 heterocycles. The van der Waals surface area contributed by atoms with Gasteiger partial charge in [-0.05, 0) is 37.7 Å². The Morgan fingerprint density at radius 3 is 2.53 bits per heavy atom.